The van der Waals surface area contributed by atoms with Crippen molar-refractivity contribution in [3.8, 4) is 5.69 Å². The van der Waals surface area contributed by atoms with Crippen molar-refractivity contribution >= 4 is 38.7 Å². The maximum absolute atomic E-state index is 11.8. The molecule has 0 bridgehead atoms. The molecule has 0 aliphatic carbocycles. The fraction of sp³-hybridized carbons (Fsp3) is 0.185. The number of aromatic nitrogens is 2. The van der Waals surface area contributed by atoms with E-state index in [4.69, 9.17) is 12.2 Å². The Kier molecular flexibility index (Phi) is 6.27. The third-order valence-corrected chi connectivity index (χ3v) is 7.21. The summed E-state index contributed by atoms with van der Waals surface area (Å²) >= 11 is 5.87. The van der Waals surface area contributed by atoms with Crippen LogP contribution in [0.3, 0.4) is 0 Å². The van der Waals surface area contributed by atoms with E-state index in [1.165, 1.54) is 0 Å². The zero-order valence-corrected chi connectivity index (χ0v) is 21.8. The van der Waals surface area contributed by atoms with E-state index in [-0.39, 0.29) is 12.1 Å². The minimum atomic E-state index is -3.39. The molecule has 5 rings (SSSR count). The average Bonchev–Trinajstić information content (AvgIpc) is 3.40. The minimum Gasteiger partial charge on any atom is -0.351 e. The van der Waals surface area contributed by atoms with Gasteiger partial charge in [0.1, 0.15) is 6.04 Å². The highest BCUT2D eigenvalue weighted by molar-refractivity contribution is 7.92. The van der Waals surface area contributed by atoms with Gasteiger partial charge in [0.25, 0.3) is 0 Å². The normalized spacial score (nSPS) is 17.8. The fourth-order valence-corrected chi connectivity index (χ4v) is 5.74. The van der Waals surface area contributed by atoms with Crippen molar-refractivity contribution < 1.29 is 8.42 Å². The number of nitrogens with one attached hydrogen (secondary N) is 2. The van der Waals surface area contributed by atoms with Gasteiger partial charge in [-0.1, -0.05) is 24.3 Å². The summed E-state index contributed by atoms with van der Waals surface area (Å²) < 4.78 is 28.4. The summed E-state index contributed by atoms with van der Waals surface area (Å²) in [4.78, 5) is 6.74. The van der Waals surface area contributed by atoms with E-state index in [1.807, 2.05) is 55.5 Å². The number of sulfonamides is 1. The molecule has 0 unspecified atom stereocenters. The van der Waals surface area contributed by atoms with Crippen molar-refractivity contribution in [2.45, 2.75) is 25.9 Å². The molecule has 36 heavy (non-hydrogen) atoms. The Labute approximate surface area is 216 Å². The van der Waals surface area contributed by atoms with Gasteiger partial charge >= 0.3 is 0 Å². The molecule has 0 spiro atoms. The molecule has 2 aromatic carbocycles. The van der Waals surface area contributed by atoms with E-state index in [1.54, 1.807) is 12.3 Å². The summed E-state index contributed by atoms with van der Waals surface area (Å²) in [7, 11) is -3.39. The van der Waals surface area contributed by atoms with Crippen molar-refractivity contribution in [1.82, 2.24) is 14.9 Å². The van der Waals surface area contributed by atoms with Crippen LogP contribution in [0.4, 0.5) is 11.4 Å². The number of benzene rings is 2. The first-order valence-corrected chi connectivity index (χ1v) is 13.9. The lowest BCUT2D eigenvalue weighted by molar-refractivity contribution is 0.548. The summed E-state index contributed by atoms with van der Waals surface area (Å²) in [5.41, 5.74) is 6.34. The van der Waals surface area contributed by atoms with Gasteiger partial charge in [0, 0.05) is 29.0 Å². The molecular formula is C27H27N5O2S2. The largest absolute Gasteiger partial charge is 0.351 e. The number of pyridine rings is 1. The molecule has 2 aromatic heterocycles. The molecule has 1 fully saturated rings. The van der Waals surface area contributed by atoms with Gasteiger partial charge in [0.2, 0.25) is 10.0 Å². The molecule has 0 saturated carbocycles. The van der Waals surface area contributed by atoms with Crippen molar-refractivity contribution in [2.75, 3.05) is 15.9 Å². The second kappa shape index (κ2) is 9.40. The Morgan fingerprint density at radius 3 is 2.36 bits per heavy atom. The molecule has 7 nitrogen and oxygen atoms in total. The number of hydrogen-bond acceptors (Lipinski definition) is 4. The number of rotatable bonds is 6. The second-order valence-electron chi connectivity index (χ2n) is 8.94. The molecule has 9 heteroatoms. The number of para-hydroxylation sites is 1. The first-order valence-electron chi connectivity index (χ1n) is 11.6. The van der Waals surface area contributed by atoms with Crippen LogP contribution in [-0.4, -0.2) is 29.3 Å². The maximum atomic E-state index is 11.8. The van der Waals surface area contributed by atoms with Crippen LogP contribution < -0.4 is 14.9 Å². The highest BCUT2D eigenvalue weighted by Gasteiger charge is 2.42. The van der Waals surface area contributed by atoms with Gasteiger partial charge < -0.3 is 14.8 Å². The standard InChI is InChI=1S/C27H27N5O2S2/c1-18-17-21(13-14-22(18)30-36(3,33)34)32-26(25(29-27(32)35)23-11-7-8-16-28-23)24-15-12-19(2)31(24)20-9-5-4-6-10-20/h4-17,25-26,30H,1-3H3,(H,29,35)/t25-,26+/m0/s1. The highest BCUT2D eigenvalue weighted by atomic mass is 32.2. The van der Waals surface area contributed by atoms with Gasteiger partial charge in [-0.05, 0) is 86.2 Å². The molecule has 0 radical (unpaired) electrons. The zero-order chi connectivity index (χ0) is 25.4. The van der Waals surface area contributed by atoms with Crippen molar-refractivity contribution in [2.24, 2.45) is 0 Å². The lowest BCUT2D eigenvalue weighted by Gasteiger charge is -2.30. The quantitative estimate of drug-likeness (QED) is 0.349. The van der Waals surface area contributed by atoms with Gasteiger partial charge in [-0.2, -0.15) is 0 Å². The summed E-state index contributed by atoms with van der Waals surface area (Å²) in [6, 6.07) is 25.6. The Bertz CT molecular complexity index is 1520. The fourth-order valence-electron chi connectivity index (χ4n) is 4.76. The SMILES string of the molecule is Cc1cc(N2C(=S)N[C@@H](c3ccccn3)[C@H]2c2ccc(C)n2-c2ccccc2)ccc1NS(C)(=O)=O. The van der Waals surface area contributed by atoms with E-state index in [0.717, 1.165) is 40.3 Å². The number of aryl methyl sites for hydroxylation is 2. The summed E-state index contributed by atoms with van der Waals surface area (Å²) in [6.45, 7) is 3.97. The topological polar surface area (TPSA) is 79.3 Å². The van der Waals surface area contributed by atoms with Crippen LogP contribution in [-0.2, 0) is 10.0 Å². The molecule has 2 atom stereocenters. The first-order chi connectivity index (χ1) is 17.2. The molecular weight excluding hydrogens is 490 g/mol. The predicted octanol–water partition coefficient (Wildman–Crippen LogP) is 5.04. The number of nitrogens with zero attached hydrogens (tertiary/aromatic N) is 3. The molecule has 2 N–H and O–H groups in total. The van der Waals surface area contributed by atoms with Crippen LogP contribution in [0.15, 0.2) is 85.1 Å². The van der Waals surface area contributed by atoms with E-state index in [0.29, 0.717) is 10.8 Å². The van der Waals surface area contributed by atoms with Gasteiger partial charge in [0.05, 0.1) is 23.7 Å². The van der Waals surface area contributed by atoms with Crippen LogP contribution in [0.5, 0.6) is 0 Å². The van der Waals surface area contributed by atoms with Gasteiger partial charge in [-0.15, -0.1) is 0 Å². The molecule has 3 heterocycles. The summed E-state index contributed by atoms with van der Waals surface area (Å²) in [5.74, 6) is 0. The predicted molar refractivity (Wildman–Crippen MR) is 148 cm³/mol. The summed E-state index contributed by atoms with van der Waals surface area (Å²) in [6.07, 6.45) is 2.94. The number of thiocarbonyl (C=S) groups is 1. The molecule has 4 aromatic rings. The van der Waals surface area contributed by atoms with Crippen LogP contribution in [0.1, 0.15) is 34.7 Å². The molecule has 0 amide bonds. The van der Waals surface area contributed by atoms with E-state index < -0.39 is 10.0 Å². The third kappa shape index (κ3) is 4.59. The zero-order valence-electron chi connectivity index (χ0n) is 20.2. The minimum absolute atomic E-state index is 0.190. The Balaban J connectivity index is 1.66. The summed E-state index contributed by atoms with van der Waals surface area (Å²) in [5, 5.41) is 4.08. The van der Waals surface area contributed by atoms with Crippen LogP contribution >= 0.6 is 12.2 Å². The van der Waals surface area contributed by atoms with Crippen LogP contribution in [0.2, 0.25) is 0 Å². The van der Waals surface area contributed by atoms with Crippen LogP contribution in [0, 0.1) is 13.8 Å². The van der Waals surface area contributed by atoms with E-state index >= 15 is 0 Å². The lowest BCUT2D eigenvalue weighted by atomic mass is 10.0. The molecule has 1 saturated heterocycles. The van der Waals surface area contributed by atoms with Crippen molar-refractivity contribution in [3.63, 3.8) is 0 Å². The molecule has 1 aliphatic heterocycles. The van der Waals surface area contributed by atoms with Crippen molar-refractivity contribution in [3.05, 3.63) is 108 Å². The average molecular weight is 518 g/mol. The van der Waals surface area contributed by atoms with Gasteiger partial charge in [0.15, 0.2) is 5.11 Å². The van der Waals surface area contributed by atoms with E-state index in [9.17, 15) is 8.42 Å². The third-order valence-electron chi connectivity index (χ3n) is 6.31. The number of hydrogen-bond donors (Lipinski definition) is 2. The Morgan fingerprint density at radius 2 is 1.69 bits per heavy atom. The lowest BCUT2D eigenvalue weighted by Crippen LogP contribution is -2.30. The molecule has 1 aliphatic rings. The van der Waals surface area contributed by atoms with Crippen LogP contribution in [0.25, 0.3) is 5.69 Å². The van der Waals surface area contributed by atoms with Gasteiger partial charge in [-0.3, -0.25) is 9.71 Å². The van der Waals surface area contributed by atoms with Crippen molar-refractivity contribution in [1.29, 1.82) is 0 Å². The second-order valence-corrected chi connectivity index (χ2v) is 11.1. The highest BCUT2D eigenvalue weighted by Crippen LogP contribution is 2.43. The van der Waals surface area contributed by atoms with E-state index in [2.05, 4.69) is 55.7 Å². The first kappa shape index (κ1) is 24.0. The smallest absolute Gasteiger partial charge is 0.229 e. The molecule has 184 valence electrons. The monoisotopic (exact) mass is 517 g/mol. The number of anilines is 2. The maximum Gasteiger partial charge on any atom is 0.229 e. The van der Waals surface area contributed by atoms with Gasteiger partial charge in [-0.25, -0.2) is 8.42 Å². The Hall–Kier alpha value is -3.69. The Morgan fingerprint density at radius 1 is 0.944 bits per heavy atom.